The summed E-state index contributed by atoms with van der Waals surface area (Å²) in [7, 11) is 3.51. The van der Waals surface area contributed by atoms with Gasteiger partial charge in [-0.05, 0) is 30.7 Å². The molecule has 35 heavy (non-hydrogen) atoms. The minimum Gasteiger partial charge on any atom is -0.460 e. The van der Waals surface area contributed by atoms with Gasteiger partial charge in [-0.15, -0.1) is 0 Å². The van der Waals surface area contributed by atoms with Crippen LogP contribution >= 0.6 is 11.6 Å². The van der Waals surface area contributed by atoms with Gasteiger partial charge in [-0.3, -0.25) is 14.5 Å². The number of anilines is 1. The summed E-state index contributed by atoms with van der Waals surface area (Å²) in [5.74, 6) is -1.28. The quantitative estimate of drug-likeness (QED) is 0.422. The van der Waals surface area contributed by atoms with Crippen molar-refractivity contribution in [3.8, 4) is 22.6 Å². The first-order valence-corrected chi connectivity index (χ1v) is 11.3. The first-order valence-electron chi connectivity index (χ1n) is 11.0. The van der Waals surface area contributed by atoms with Crippen molar-refractivity contribution < 1.29 is 14.3 Å². The molecular formula is C24H22ClN7O3. The van der Waals surface area contributed by atoms with Gasteiger partial charge in [-0.2, -0.15) is 5.10 Å². The number of carbonyl (C=O) groups is 2. The predicted molar refractivity (Wildman–Crippen MR) is 130 cm³/mol. The van der Waals surface area contributed by atoms with E-state index in [0.717, 1.165) is 5.39 Å². The predicted octanol–water partition coefficient (Wildman–Crippen LogP) is 2.96. The number of fused-ring (bicyclic) bond motifs is 1. The average Bonchev–Trinajstić information content (AvgIpc) is 3.42. The number of rotatable bonds is 5. The van der Waals surface area contributed by atoms with E-state index in [9.17, 15) is 9.59 Å². The molecule has 1 aliphatic rings. The zero-order chi connectivity index (χ0) is 24.7. The molecular weight excluding hydrogens is 470 g/mol. The van der Waals surface area contributed by atoms with Gasteiger partial charge in [0.2, 0.25) is 5.91 Å². The lowest BCUT2D eigenvalue weighted by Gasteiger charge is -2.14. The van der Waals surface area contributed by atoms with Gasteiger partial charge in [-0.1, -0.05) is 17.7 Å². The number of hydrogen-bond acceptors (Lipinski definition) is 8. The molecule has 1 atom stereocenters. The molecule has 10 nitrogen and oxygen atoms in total. The maximum Gasteiger partial charge on any atom is 0.360 e. The van der Waals surface area contributed by atoms with Gasteiger partial charge >= 0.3 is 5.97 Å². The third-order valence-electron chi connectivity index (χ3n) is 5.96. The minimum atomic E-state index is -0.750. The van der Waals surface area contributed by atoms with E-state index in [0.29, 0.717) is 46.2 Å². The van der Waals surface area contributed by atoms with Crippen molar-refractivity contribution in [1.82, 2.24) is 29.6 Å². The Balaban J connectivity index is 1.57. The van der Waals surface area contributed by atoms with Crippen LogP contribution in [0.2, 0.25) is 5.02 Å². The SMILES string of the molecule is CN1CCC(COC(=O)c2nc(-c3cc(Cl)c4ncccc4c3)c(-c3ccn(C)n3)nc2N)C1=O. The third-order valence-corrected chi connectivity index (χ3v) is 6.25. The average molecular weight is 492 g/mol. The van der Waals surface area contributed by atoms with Gasteiger partial charge in [0.25, 0.3) is 0 Å². The number of nitrogens with two attached hydrogens (primary N) is 1. The number of halogens is 1. The highest BCUT2D eigenvalue weighted by atomic mass is 35.5. The zero-order valence-electron chi connectivity index (χ0n) is 19.1. The largest absolute Gasteiger partial charge is 0.460 e. The fourth-order valence-corrected chi connectivity index (χ4v) is 4.37. The van der Waals surface area contributed by atoms with Crippen LogP contribution in [0.4, 0.5) is 5.82 Å². The Hall–Kier alpha value is -4.05. The van der Waals surface area contributed by atoms with Gasteiger partial charge in [-0.25, -0.2) is 14.8 Å². The van der Waals surface area contributed by atoms with Gasteiger partial charge in [0.15, 0.2) is 11.5 Å². The van der Waals surface area contributed by atoms with Crippen molar-refractivity contribution in [3.05, 3.63) is 53.4 Å². The molecule has 11 heteroatoms. The van der Waals surface area contributed by atoms with E-state index in [1.807, 2.05) is 12.1 Å². The summed E-state index contributed by atoms with van der Waals surface area (Å²) in [6.45, 7) is 0.581. The van der Waals surface area contributed by atoms with E-state index >= 15 is 0 Å². The number of likely N-dealkylation sites (tertiary alicyclic amines) is 1. The van der Waals surface area contributed by atoms with Gasteiger partial charge in [0.1, 0.15) is 18.0 Å². The number of amides is 1. The van der Waals surface area contributed by atoms with Crippen LogP contribution in [0.1, 0.15) is 16.9 Å². The Labute approximate surface area is 205 Å². The van der Waals surface area contributed by atoms with Gasteiger partial charge in [0.05, 0.1) is 22.2 Å². The first kappa shape index (κ1) is 22.7. The third kappa shape index (κ3) is 4.28. The van der Waals surface area contributed by atoms with E-state index in [-0.39, 0.29) is 29.9 Å². The van der Waals surface area contributed by atoms with Crippen LogP contribution in [-0.2, 0) is 16.6 Å². The standard InChI is InChI=1S/C24H22ClN7O3/c1-31-8-5-14(23(31)33)12-35-24(34)21-22(26)29-20(17-6-9-32(2)30-17)19(28-21)15-10-13-4-3-7-27-18(13)16(25)11-15/h3-4,6-7,9-11,14H,5,8,12H2,1-2H3,(H2,26,29). The molecule has 1 saturated heterocycles. The monoisotopic (exact) mass is 491 g/mol. The second-order valence-corrected chi connectivity index (χ2v) is 8.81. The molecule has 0 saturated carbocycles. The van der Waals surface area contributed by atoms with Crippen LogP contribution < -0.4 is 5.73 Å². The topological polar surface area (TPSA) is 129 Å². The molecule has 0 radical (unpaired) electrons. The number of nitrogens with zero attached hydrogens (tertiary/aromatic N) is 6. The van der Waals surface area contributed by atoms with Crippen LogP contribution in [0.5, 0.6) is 0 Å². The molecule has 3 aromatic heterocycles. The Bertz CT molecular complexity index is 1470. The molecule has 0 aliphatic carbocycles. The zero-order valence-corrected chi connectivity index (χ0v) is 19.9. The number of hydrogen-bond donors (Lipinski definition) is 1. The van der Waals surface area contributed by atoms with Crippen LogP contribution in [0.15, 0.2) is 42.7 Å². The fourth-order valence-electron chi connectivity index (χ4n) is 4.10. The highest BCUT2D eigenvalue weighted by molar-refractivity contribution is 6.35. The number of aryl methyl sites for hydroxylation is 1. The highest BCUT2D eigenvalue weighted by Crippen LogP contribution is 2.34. The molecule has 1 unspecified atom stereocenters. The van der Waals surface area contributed by atoms with Crippen molar-refractivity contribution >= 4 is 40.2 Å². The second kappa shape index (κ2) is 8.95. The van der Waals surface area contributed by atoms with E-state index in [4.69, 9.17) is 22.1 Å². The summed E-state index contributed by atoms with van der Waals surface area (Å²) in [6, 6.07) is 9.04. The van der Waals surface area contributed by atoms with E-state index in [1.54, 1.807) is 54.3 Å². The molecule has 4 heterocycles. The molecule has 1 aromatic carbocycles. The number of pyridine rings is 1. The van der Waals surface area contributed by atoms with E-state index < -0.39 is 5.97 Å². The van der Waals surface area contributed by atoms with Crippen LogP contribution in [0.3, 0.4) is 0 Å². The lowest BCUT2D eigenvalue weighted by Crippen LogP contribution is -2.26. The Kier molecular flexibility index (Phi) is 5.81. The molecule has 4 aromatic rings. The van der Waals surface area contributed by atoms with Crippen LogP contribution in [-0.4, -0.2) is 61.7 Å². The summed E-state index contributed by atoms with van der Waals surface area (Å²) in [4.78, 5) is 40.1. The second-order valence-electron chi connectivity index (χ2n) is 8.41. The molecule has 1 amide bonds. The summed E-state index contributed by atoms with van der Waals surface area (Å²) < 4.78 is 7.05. The molecule has 178 valence electrons. The molecule has 1 aliphatic heterocycles. The summed E-state index contributed by atoms with van der Waals surface area (Å²) >= 11 is 6.51. The molecule has 5 rings (SSSR count). The number of aromatic nitrogens is 5. The van der Waals surface area contributed by atoms with Crippen molar-refractivity contribution in [2.45, 2.75) is 6.42 Å². The van der Waals surface area contributed by atoms with Crippen molar-refractivity contribution in [1.29, 1.82) is 0 Å². The lowest BCUT2D eigenvalue weighted by molar-refractivity contribution is -0.130. The van der Waals surface area contributed by atoms with Crippen molar-refractivity contribution in [2.24, 2.45) is 13.0 Å². The van der Waals surface area contributed by atoms with Crippen LogP contribution in [0.25, 0.3) is 33.5 Å². The lowest BCUT2D eigenvalue weighted by atomic mass is 10.0. The smallest absolute Gasteiger partial charge is 0.360 e. The summed E-state index contributed by atoms with van der Waals surface area (Å²) in [6.07, 6.45) is 4.06. The number of nitrogen functional groups attached to an aromatic ring is 1. The fraction of sp³-hybridized carbons (Fsp3) is 0.250. The van der Waals surface area contributed by atoms with Gasteiger partial charge in [0, 0.05) is 44.0 Å². The van der Waals surface area contributed by atoms with Gasteiger partial charge < -0.3 is 15.4 Å². The maximum atomic E-state index is 12.9. The van der Waals surface area contributed by atoms with E-state index in [2.05, 4.69) is 20.1 Å². The Morgan fingerprint density at radius 1 is 1.23 bits per heavy atom. The Morgan fingerprint density at radius 3 is 2.77 bits per heavy atom. The van der Waals surface area contributed by atoms with Crippen molar-refractivity contribution in [2.75, 3.05) is 25.9 Å². The minimum absolute atomic E-state index is 0.0477. The number of benzene rings is 1. The Morgan fingerprint density at radius 2 is 2.06 bits per heavy atom. The number of esters is 1. The summed E-state index contributed by atoms with van der Waals surface area (Å²) in [5, 5.41) is 5.65. The van der Waals surface area contributed by atoms with Crippen LogP contribution in [0, 0.1) is 5.92 Å². The van der Waals surface area contributed by atoms with Crippen molar-refractivity contribution in [3.63, 3.8) is 0 Å². The molecule has 2 N–H and O–H groups in total. The molecule has 0 spiro atoms. The number of ether oxygens (including phenoxy) is 1. The number of carbonyl (C=O) groups excluding carboxylic acids is 2. The maximum absolute atomic E-state index is 12.9. The molecule has 1 fully saturated rings. The van der Waals surface area contributed by atoms with E-state index in [1.165, 1.54) is 0 Å². The summed E-state index contributed by atoms with van der Waals surface area (Å²) in [5.41, 5.74) is 8.57. The first-order chi connectivity index (χ1) is 16.8. The normalized spacial score (nSPS) is 15.7. The highest BCUT2D eigenvalue weighted by Gasteiger charge is 2.31. The molecule has 0 bridgehead atoms.